The molecule has 1 nitrogen and oxygen atoms in total. The quantitative estimate of drug-likeness (QED) is 0.691. The van der Waals surface area contributed by atoms with E-state index >= 15 is 0 Å². The summed E-state index contributed by atoms with van der Waals surface area (Å²) in [6.07, 6.45) is 2.88. The molecule has 1 heteroatoms. The van der Waals surface area contributed by atoms with Gasteiger partial charge in [-0.3, -0.25) is 0 Å². The maximum atomic E-state index is 3.67. The Morgan fingerprint density at radius 3 is 2.15 bits per heavy atom. The highest BCUT2D eigenvalue weighted by atomic mass is 14.9. The summed E-state index contributed by atoms with van der Waals surface area (Å²) in [6.45, 7) is 12.8. The molecule has 1 N–H and O–H groups in total. The summed E-state index contributed by atoms with van der Waals surface area (Å²) in [5, 5.41) is 3.67. The number of rotatable bonds is 5. The normalized spacial score (nSPS) is 20.8. The van der Waals surface area contributed by atoms with Gasteiger partial charge >= 0.3 is 0 Å². The van der Waals surface area contributed by atoms with E-state index < -0.39 is 0 Å². The van der Waals surface area contributed by atoms with Gasteiger partial charge in [-0.25, -0.2) is 0 Å². The second-order valence-electron chi connectivity index (χ2n) is 5.65. The van der Waals surface area contributed by atoms with Crippen molar-refractivity contribution in [3.8, 4) is 0 Å². The summed E-state index contributed by atoms with van der Waals surface area (Å²) >= 11 is 0. The zero-order valence-corrected chi connectivity index (χ0v) is 9.85. The Bertz CT molecular complexity index is 157. The van der Waals surface area contributed by atoms with Crippen LogP contribution >= 0.6 is 0 Å². The van der Waals surface area contributed by atoms with Crippen molar-refractivity contribution in [1.82, 2.24) is 5.32 Å². The molecule has 1 aliphatic rings. The second-order valence-corrected chi connectivity index (χ2v) is 5.65. The largest absolute Gasteiger partial charge is 0.313 e. The fourth-order valence-electron chi connectivity index (χ4n) is 1.39. The molecule has 1 aliphatic carbocycles. The van der Waals surface area contributed by atoms with Crippen LogP contribution < -0.4 is 5.32 Å². The van der Waals surface area contributed by atoms with E-state index in [0.717, 1.165) is 24.4 Å². The molecule has 0 bridgehead atoms. The molecule has 13 heavy (non-hydrogen) atoms. The number of nitrogens with one attached hydrogen (secondary N) is 1. The van der Waals surface area contributed by atoms with Gasteiger partial charge in [-0.05, 0) is 37.0 Å². The second kappa shape index (κ2) is 4.00. The van der Waals surface area contributed by atoms with Crippen LogP contribution in [-0.4, -0.2) is 12.6 Å². The lowest BCUT2D eigenvalue weighted by Gasteiger charge is -2.31. The summed E-state index contributed by atoms with van der Waals surface area (Å²) < 4.78 is 0. The highest BCUT2D eigenvalue weighted by Crippen LogP contribution is 2.33. The molecule has 0 heterocycles. The molecule has 1 unspecified atom stereocenters. The minimum atomic E-state index is 0.434. The van der Waals surface area contributed by atoms with Gasteiger partial charge in [-0.2, -0.15) is 0 Å². The standard InChI is InChI=1S/C12H25N/c1-9(2)12(4,5)8-13-10(3)11-6-7-11/h9-11,13H,6-8H2,1-5H3. The van der Waals surface area contributed by atoms with Crippen LogP contribution in [0.1, 0.15) is 47.5 Å². The lowest BCUT2D eigenvalue weighted by Crippen LogP contribution is -2.39. The van der Waals surface area contributed by atoms with Crippen molar-refractivity contribution in [2.24, 2.45) is 17.3 Å². The van der Waals surface area contributed by atoms with Crippen molar-refractivity contribution in [3.05, 3.63) is 0 Å². The Hall–Kier alpha value is -0.0400. The van der Waals surface area contributed by atoms with Gasteiger partial charge in [0.05, 0.1) is 0 Å². The van der Waals surface area contributed by atoms with Crippen LogP contribution in [0.5, 0.6) is 0 Å². The third kappa shape index (κ3) is 3.30. The average molecular weight is 183 g/mol. The first-order valence-corrected chi connectivity index (χ1v) is 5.67. The molecular weight excluding hydrogens is 158 g/mol. The van der Waals surface area contributed by atoms with Crippen LogP contribution in [0.4, 0.5) is 0 Å². The molecule has 78 valence electrons. The summed E-state index contributed by atoms with van der Waals surface area (Å²) in [6, 6.07) is 0.734. The van der Waals surface area contributed by atoms with E-state index in [4.69, 9.17) is 0 Å². The summed E-state index contributed by atoms with van der Waals surface area (Å²) in [5.74, 6) is 1.73. The molecule has 0 aromatic carbocycles. The van der Waals surface area contributed by atoms with Crippen molar-refractivity contribution in [2.45, 2.75) is 53.5 Å². The first kappa shape index (κ1) is 11.0. The minimum Gasteiger partial charge on any atom is -0.313 e. The van der Waals surface area contributed by atoms with Gasteiger partial charge in [0.15, 0.2) is 0 Å². The van der Waals surface area contributed by atoms with E-state index in [2.05, 4.69) is 39.9 Å². The van der Waals surface area contributed by atoms with Crippen LogP contribution in [0.25, 0.3) is 0 Å². The maximum Gasteiger partial charge on any atom is 0.00672 e. The SMILES string of the molecule is CC(NCC(C)(C)C(C)C)C1CC1. The molecule has 1 saturated carbocycles. The third-order valence-corrected chi connectivity index (χ3v) is 3.77. The van der Waals surface area contributed by atoms with Crippen LogP contribution in [-0.2, 0) is 0 Å². The van der Waals surface area contributed by atoms with Crippen LogP contribution in [0.15, 0.2) is 0 Å². The van der Waals surface area contributed by atoms with E-state index in [1.807, 2.05) is 0 Å². The molecule has 0 aromatic rings. The van der Waals surface area contributed by atoms with E-state index in [1.54, 1.807) is 0 Å². The van der Waals surface area contributed by atoms with Gasteiger partial charge in [-0.1, -0.05) is 27.7 Å². The summed E-state index contributed by atoms with van der Waals surface area (Å²) in [4.78, 5) is 0. The lowest BCUT2D eigenvalue weighted by molar-refractivity contribution is 0.226. The molecule has 0 radical (unpaired) electrons. The zero-order valence-electron chi connectivity index (χ0n) is 9.85. The maximum absolute atomic E-state index is 3.67. The van der Waals surface area contributed by atoms with E-state index in [-0.39, 0.29) is 0 Å². The molecule has 1 rings (SSSR count). The summed E-state index contributed by atoms with van der Waals surface area (Å²) in [5.41, 5.74) is 0.434. The lowest BCUT2D eigenvalue weighted by atomic mass is 9.81. The fourth-order valence-corrected chi connectivity index (χ4v) is 1.39. The highest BCUT2D eigenvalue weighted by Gasteiger charge is 2.29. The minimum absolute atomic E-state index is 0.434. The van der Waals surface area contributed by atoms with Gasteiger partial charge < -0.3 is 5.32 Å². The molecule has 1 atom stereocenters. The molecular formula is C12H25N. The Morgan fingerprint density at radius 2 is 1.77 bits per heavy atom. The number of hydrogen-bond acceptors (Lipinski definition) is 1. The van der Waals surface area contributed by atoms with Gasteiger partial charge in [0.1, 0.15) is 0 Å². The summed E-state index contributed by atoms with van der Waals surface area (Å²) in [7, 11) is 0. The van der Waals surface area contributed by atoms with E-state index in [1.165, 1.54) is 12.8 Å². The van der Waals surface area contributed by atoms with Crippen molar-refractivity contribution < 1.29 is 0 Å². The third-order valence-electron chi connectivity index (χ3n) is 3.77. The fraction of sp³-hybridized carbons (Fsp3) is 1.00. The van der Waals surface area contributed by atoms with Gasteiger partial charge in [0, 0.05) is 12.6 Å². The first-order valence-electron chi connectivity index (χ1n) is 5.67. The Balaban J connectivity index is 2.23. The average Bonchev–Trinajstić information content (AvgIpc) is 2.82. The smallest absolute Gasteiger partial charge is 0.00672 e. The predicted octanol–water partition coefficient (Wildman–Crippen LogP) is 3.06. The molecule has 0 aliphatic heterocycles. The van der Waals surface area contributed by atoms with Crippen molar-refractivity contribution in [2.75, 3.05) is 6.54 Å². The number of hydrogen-bond donors (Lipinski definition) is 1. The predicted molar refractivity (Wildman–Crippen MR) is 58.8 cm³/mol. The Kier molecular flexibility index (Phi) is 3.39. The van der Waals surface area contributed by atoms with Crippen molar-refractivity contribution >= 4 is 0 Å². The van der Waals surface area contributed by atoms with Gasteiger partial charge in [-0.15, -0.1) is 0 Å². The highest BCUT2D eigenvalue weighted by molar-refractivity contribution is 4.85. The van der Waals surface area contributed by atoms with Crippen LogP contribution in [0.3, 0.4) is 0 Å². The Labute approximate surface area is 83.3 Å². The molecule has 0 amide bonds. The zero-order chi connectivity index (χ0) is 10.1. The molecule has 0 spiro atoms. The van der Waals surface area contributed by atoms with Gasteiger partial charge in [0.25, 0.3) is 0 Å². The van der Waals surface area contributed by atoms with E-state index in [9.17, 15) is 0 Å². The molecule has 1 fully saturated rings. The van der Waals surface area contributed by atoms with Crippen molar-refractivity contribution in [1.29, 1.82) is 0 Å². The molecule has 0 aromatic heterocycles. The van der Waals surface area contributed by atoms with E-state index in [0.29, 0.717) is 5.41 Å². The van der Waals surface area contributed by atoms with Gasteiger partial charge in [0.2, 0.25) is 0 Å². The Morgan fingerprint density at radius 1 is 1.23 bits per heavy atom. The monoisotopic (exact) mass is 183 g/mol. The first-order chi connectivity index (χ1) is 5.93. The van der Waals surface area contributed by atoms with Crippen LogP contribution in [0, 0.1) is 17.3 Å². The molecule has 0 saturated heterocycles. The van der Waals surface area contributed by atoms with Crippen LogP contribution in [0.2, 0.25) is 0 Å². The van der Waals surface area contributed by atoms with Crippen molar-refractivity contribution in [3.63, 3.8) is 0 Å². The topological polar surface area (TPSA) is 12.0 Å².